The fourth-order valence-corrected chi connectivity index (χ4v) is 11.1. The molecular weight excluding hydrogens is 332 g/mol. The fourth-order valence-electron chi connectivity index (χ4n) is 2.77. The van der Waals surface area contributed by atoms with E-state index in [1.165, 1.54) is 0 Å². The molecule has 2 nitrogen and oxygen atoms in total. The van der Waals surface area contributed by atoms with Gasteiger partial charge in [0.25, 0.3) is 0 Å². The minimum absolute atomic E-state index is 0.160. The molecule has 0 aromatic rings. The maximum Gasteiger partial charge on any atom is 0.203 e. The smallest absolute Gasteiger partial charge is 0.203 e. The van der Waals surface area contributed by atoms with E-state index in [0.29, 0.717) is 0 Å². The van der Waals surface area contributed by atoms with Crippen molar-refractivity contribution in [2.24, 2.45) is 0 Å². The van der Waals surface area contributed by atoms with E-state index in [9.17, 15) is 0 Å². The molecule has 0 aromatic heterocycles. The largest absolute Gasteiger partial charge is 0.501 e. The van der Waals surface area contributed by atoms with Crippen molar-refractivity contribution in [3.05, 3.63) is 24.9 Å². The van der Waals surface area contributed by atoms with Gasteiger partial charge in [-0.25, -0.2) is 0 Å². The zero-order valence-corrected chi connectivity index (χ0v) is 20.2. The van der Waals surface area contributed by atoms with Crippen LogP contribution in [0.25, 0.3) is 0 Å². The highest BCUT2D eigenvalue weighted by Gasteiger charge is 2.42. The van der Waals surface area contributed by atoms with Crippen molar-refractivity contribution >= 4 is 25.4 Å². The molecule has 0 heterocycles. The van der Waals surface area contributed by atoms with Crippen LogP contribution in [0.15, 0.2) is 19.2 Å². The van der Waals surface area contributed by atoms with Gasteiger partial charge in [0, 0.05) is 5.22 Å². The van der Waals surface area contributed by atoms with Gasteiger partial charge in [-0.2, -0.15) is 0 Å². The molecule has 0 aliphatic carbocycles. The molecule has 0 aliphatic rings. The molecule has 0 saturated heterocycles. The monoisotopic (exact) mass is 371 g/mol. The van der Waals surface area contributed by atoms with Gasteiger partial charge in [0.2, 0.25) is 9.04 Å². The van der Waals surface area contributed by atoms with Crippen LogP contribution in [0.4, 0.5) is 0 Å². The summed E-state index contributed by atoms with van der Waals surface area (Å²) in [6.07, 6.45) is 2.98. The average Bonchev–Trinajstić information content (AvgIpc) is 2.45. The summed E-state index contributed by atoms with van der Waals surface area (Å²) >= 11 is 0. The first-order valence-corrected chi connectivity index (χ1v) is 16.9. The van der Waals surface area contributed by atoms with Crippen LogP contribution in [0.2, 0.25) is 38.3 Å². The van der Waals surface area contributed by atoms with Gasteiger partial charge in [0.15, 0.2) is 8.32 Å². The van der Waals surface area contributed by atoms with Crippen molar-refractivity contribution in [3.8, 4) is 0 Å². The molecule has 0 amide bonds. The summed E-state index contributed by atoms with van der Waals surface area (Å²) in [4.78, 5) is 0. The zero-order valence-electron chi connectivity index (χ0n) is 17.0. The SMILES string of the molecule is C=[C-][Si](C)(CC=C)C(C)(CC)O[SiH](C)C(C)(C)O[Si](C)(C)CC. The molecule has 0 radical (unpaired) electrons. The summed E-state index contributed by atoms with van der Waals surface area (Å²) in [7, 11) is -5.07. The van der Waals surface area contributed by atoms with Crippen LogP contribution in [0, 0.1) is 5.70 Å². The highest BCUT2D eigenvalue weighted by molar-refractivity contribution is 6.84. The van der Waals surface area contributed by atoms with Gasteiger partial charge in [-0.3, -0.25) is 6.58 Å². The summed E-state index contributed by atoms with van der Waals surface area (Å²) in [6.45, 7) is 28.2. The second-order valence-corrected chi connectivity index (χ2v) is 20.0. The minimum Gasteiger partial charge on any atom is -0.501 e. The van der Waals surface area contributed by atoms with Crippen molar-refractivity contribution in [1.82, 2.24) is 0 Å². The van der Waals surface area contributed by atoms with Gasteiger partial charge in [0.1, 0.15) is 0 Å². The molecule has 0 saturated carbocycles. The Kier molecular flexibility index (Phi) is 8.45. The lowest BCUT2D eigenvalue weighted by atomic mass is 10.3. The van der Waals surface area contributed by atoms with Crippen LogP contribution in [0.5, 0.6) is 0 Å². The normalized spacial score (nSPS) is 19.5. The Morgan fingerprint density at radius 3 is 2.04 bits per heavy atom. The Balaban J connectivity index is 5.39. The quantitative estimate of drug-likeness (QED) is 0.274. The van der Waals surface area contributed by atoms with Crippen molar-refractivity contribution < 1.29 is 8.85 Å². The van der Waals surface area contributed by atoms with E-state index in [4.69, 9.17) is 8.85 Å². The lowest BCUT2D eigenvalue weighted by molar-refractivity contribution is 0.101. The van der Waals surface area contributed by atoms with Crippen molar-refractivity contribution in [2.45, 2.75) is 89.8 Å². The zero-order chi connectivity index (χ0) is 18.5. The van der Waals surface area contributed by atoms with Gasteiger partial charge < -0.3 is 14.6 Å². The summed E-state index contributed by atoms with van der Waals surface area (Å²) in [5.41, 5.74) is 3.37. The summed E-state index contributed by atoms with van der Waals surface area (Å²) in [6, 6.07) is 2.09. The molecule has 0 N–H and O–H groups in total. The van der Waals surface area contributed by atoms with Gasteiger partial charge in [-0.1, -0.05) is 40.6 Å². The highest BCUT2D eigenvalue weighted by atomic mass is 28.4. The predicted molar refractivity (Wildman–Crippen MR) is 111 cm³/mol. The molecule has 3 atom stereocenters. The predicted octanol–water partition coefficient (Wildman–Crippen LogP) is 5.42. The Labute approximate surface area is 149 Å². The molecule has 0 spiro atoms. The molecular formula is C18H39O2Si3-. The Bertz CT molecular complexity index is 409. The lowest BCUT2D eigenvalue weighted by Crippen LogP contribution is -2.61. The molecule has 0 rings (SSSR count). The molecule has 0 aliphatic heterocycles. The van der Waals surface area contributed by atoms with Crippen LogP contribution in [0.3, 0.4) is 0 Å². The number of hydrogen-bond donors (Lipinski definition) is 0. The first-order valence-electron chi connectivity index (χ1n) is 8.86. The van der Waals surface area contributed by atoms with E-state index in [0.717, 1.165) is 18.5 Å². The van der Waals surface area contributed by atoms with E-state index in [1.54, 1.807) is 0 Å². The van der Waals surface area contributed by atoms with Gasteiger partial charge in [0.05, 0.1) is 5.22 Å². The Hall–Kier alpha value is 0.0506. The standard InChI is InChI=1S/C18H39O2Si3/c1-12-16-23(11,15-4)18(7,13-2)19-21(8)17(5,6)20-22(9,10)14-3/h12,21H,1,4,13-14,16H2,2-3,5-11H3/q-1. The first-order chi connectivity index (χ1) is 10.3. The number of allylic oxidation sites excluding steroid dienone is 1. The van der Waals surface area contributed by atoms with Crippen LogP contribution in [0.1, 0.15) is 41.0 Å². The summed E-state index contributed by atoms with van der Waals surface area (Å²) < 4.78 is 13.4. The Morgan fingerprint density at radius 2 is 1.70 bits per heavy atom. The van der Waals surface area contributed by atoms with Gasteiger partial charge in [-0.15, -0.1) is 6.58 Å². The maximum atomic E-state index is 6.80. The minimum atomic E-state index is -1.90. The third-order valence-corrected chi connectivity index (χ3v) is 16.5. The topological polar surface area (TPSA) is 18.5 Å². The van der Waals surface area contributed by atoms with E-state index < -0.39 is 25.4 Å². The molecule has 23 heavy (non-hydrogen) atoms. The van der Waals surface area contributed by atoms with Gasteiger partial charge in [-0.05, 0) is 52.9 Å². The lowest BCUT2D eigenvalue weighted by Gasteiger charge is -2.54. The van der Waals surface area contributed by atoms with Crippen LogP contribution >= 0.6 is 0 Å². The van der Waals surface area contributed by atoms with Gasteiger partial charge >= 0.3 is 0 Å². The maximum absolute atomic E-state index is 6.80. The van der Waals surface area contributed by atoms with Crippen molar-refractivity contribution in [3.63, 3.8) is 0 Å². The van der Waals surface area contributed by atoms with Crippen molar-refractivity contribution in [2.75, 3.05) is 0 Å². The van der Waals surface area contributed by atoms with Crippen LogP contribution < -0.4 is 0 Å². The molecule has 0 aromatic carbocycles. The highest BCUT2D eigenvalue weighted by Crippen LogP contribution is 2.35. The third-order valence-electron chi connectivity index (χ3n) is 5.59. The molecule has 0 fully saturated rings. The van der Waals surface area contributed by atoms with Crippen LogP contribution in [-0.2, 0) is 8.85 Å². The molecule has 0 bridgehead atoms. The number of rotatable bonds is 11. The Morgan fingerprint density at radius 1 is 1.17 bits per heavy atom. The van der Waals surface area contributed by atoms with E-state index in [-0.39, 0.29) is 10.4 Å². The van der Waals surface area contributed by atoms with E-state index >= 15 is 0 Å². The summed E-state index contributed by atoms with van der Waals surface area (Å²) in [5.74, 6) is 0. The first kappa shape index (κ1) is 23.1. The molecule has 5 heteroatoms. The van der Waals surface area contributed by atoms with E-state index in [1.807, 2.05) is 6.08 Å². The summed E-state index contributed by atoms with van der Waals surface area (Å²) in [5, 5.41) is -0.320. The average molecular weight is 372 g/mol. The van der Waals surface area contributed by atoms with Crippen molar-refractivity contribution in [1.29, 1.82) is 0 Å². The number of hydrogen-bond acceptors (Lipinski definition) is 2. The third kappa shape index (κ3) is 5.81. The van der Waals surface area contributed by atoms with Crippen LogP contribution in [-0.4, -0.2) is 35.9 Å². The second-order valence-electron chi connectivity index (χ2n) is 8.16. The molecule has 3 unspecified atom stereocenters. The fraction of sp³-hybridized carbons (Fsp3) is 0.778. The van der Waals surface area contributed by atoms with E-state index in [2.05, 4.69) is 79.7 Å². The molecule has 136 valence electrons. The second kappa shape index (κ2) is 8.43.